The maximum Gasteiger partial charge on any atom is 0.337 e. The predicted molar refractivity (Wildman–Crippen MR) is 157 cm³/mol. The molecule has 3 aromatic carbocycles. The van der Waals surface area contributed by atoms with Crippen LogP contribution >= 0.6 is 0 Å². The minimum absolute atomic E-state index is 0.0167. The third-order valence-corrected chi connectivity index (χ3v) is 8.39. The van der Waals surface area contributed by atoms with Crippen LogP contribution in [0.1, 0.15) is 70.3 Å². The van der Waals surface area contributed by atoms with Crippen molar-refractivity contribution in [3.8, 4) is 0 Å². The number of esters is 1. The first-order chi connectivity index (χ1) is 19.9. The summed E-state index contributed by atoms with van der Waals surface area (Å²) >= 11 is 0. The number of rotatable bonds is 8. The van der Waals surface area contributed by atoms with Crippen molar-refractivity contribution in [2.24, 2.45) is 5.92 Å². The lowest BCUT2D eigenvalue weighted by Crippen LogP contribution is -2.39. The maximum absolute atomic E-state index is 13.3. The number of nitrogens with zero attached hydrogens (tertiary/aromatic N) is 1. The Labute approximate surface area is 240 Å². The van der Waals surface area contributed by atoms with E-state index in [1.165, 1.54) is 19.2 Å². The van der Waals surface area contributed by atoms with Crippen molar-refractivity contribution < 1.29 is 27.8 Å². The number of benzene rings is 3. The number of piperidine rings is 1. The first kappa shape index (κ1) is 29.0. The summed E-state index contributed by atoms with van der Waals surface area (Å²) < 4.78 is 42.5. The van der Waals surface area contributed by atoms with E-state index in [4.69, 9.17) is 14.2 Å². The summed E-state index contributed by atoms with van der Waals surface area (Å²) in [5, 5.41) is 0. The number of aryl methyl sites for hydroxylation is 1. The molecule has 0 atom stereocenters. The molecular weight excluding hydrogens is 524 g/mol. The van der Waals surface area contributed by atoms with Gasteiger partial charge in [0.2, 0.25) is 0 Å². The van der Waals surface area contributed by atoms with Crippen molar-refractivity contribution in [1.29, 1.82) is 0 Å². The van der Waals surface area contributed by atoms with E-state index in [1.807, 2.05) is 12.1 Å². The third-order valence-electron chi connectivity index (χ3n) is 8.39. The van der Waals surface area contributed by atoms with Crippen molar-refractivity contribution in [1.82, 2.24) is 0 Å². The van der Waals surface area contributed by atoms with Crippen LogP contribution < -0.4 is 4.90 Å². The Balaban J connectivity index is 1.51. The molecule has 7 heteroatoms. The van der Waals surface area contributed by atoms with Crippen molar-refractivity contribution in [3.05, 3.63) is 100 Å². The van der Waals surface area contributed by atoms with Crippen LogP contribution in [0.5, 0.6) is 0 Å². The van der Waals surface area contributed by atoms with Crippen LogP contribution in [0, 0.1) is 5.92 Å². The Bertz CT molecular complexity index is 1370. The molecule has 1 saturated heterocycles. The molecule has 0 spiro atoms. The van der Waals surface area contributed by atoms with Gasteiger partial charge in [0.25, 0.3) is 6.43 Å². The Morgan fingerprint density at radius 1 is 0.854 bits per heavy atom. The summed E-state index contributed by atoms with van der Waals surface area (Å²) in [5.74, 6) is 0.0166. The summed E-state index contributed by atoms with van der Waals surface area (Å²) in [6.07, 6.45) is 1.79. The van der Waals surface area contributed by atoms with Gasteiger partial charge in [-0.25, -0.2) is 13.6 Å². The standard InChI is InChI=1S/C34H37F2NO4/c1-39-33(38)27-13-16-30-26(21-27)5-4-6-29(22-7-9-24(10-8-22)32(35)36)31(30)23-11-14-28(15-12-23)37-19-17-25(18-20-37)34(40-2)41-3/h7-16,21,25,32,34H,4-6,17-20H2,1-3H3. The number of halogens is 2. The van der Waals surface area contributed by atoms with Gasteiger partial charge >= 0.3 is 5.97 Å². The largest absolute Gasteiger partial charge is 0.465 e. The van der Waals surface area contributed by atoms with E-state index in [9.17, 15) is 13.6 Å². The second-order valence-corrected chi connectivity index (χ2v) is 10.7. The summed E-state index contributed by atoms with van der Waals surface area (Å²) in [6, 6.07) is 21.0. The predicted octanol–water partition coefficient (Wildman–Crippen LogP) is 7.54. The Morgan fingerprint density at radius 2 is 1.51 bits per heavy atom. The van der Waals surface area contributed by atoms with Crippen LogP contribution in [-0.4, -0.2) is 46.7 Å². The smallest absolute Gasteiger partial charge is 0.337 e. The van der Waals surface area contributed by atoms with E-state index in [0.717, 1.165) is 84.3 Å². The SMILES string of the molecule is COC(=O)c1ccc2c(c1)CCCC(c1ccc(C(F)F)cc1)=C2c1ccc(N2CCC(C(OC)OC)CC2)cc1. The molecule has 0 amide bonds. The number of fused-ring (bicyclic) bond motifs is 1. The van der Waals surface area contributed by atoms with Crippen molar-refractivity contribution in [2.75, 3.05) is 39.3 Å². The molecule has 1 fully saturated rings. The fraction of sp³-hybridized carbons (Fsp3) is 0.382. The van der Waals surface area contributed by atoms with Crippen molar-refractivity contribution in [2.45, 2.75) is 44.8 Å². The summed E-state index contributed by atoms with van der Waals surface area (Å²) in [7, 11) is 4.77. The molecule has 1 aliphatic heterocycles. The highest BCUT2D eigenvalue weighted by molar-refractivity contribution is 6.01. The summed E-state index contributed by atoms with van der Waals surface area (Å²) in [5.41, 5.74) is 8.04. The highest BCUT2D eigenvalue weighted by Crippen LogP contribution is 2.41. The van der Waals surface area contributed by atoms with Gasteiger partial charge in [0.05, 0.1) is 12.7 Å². The van der Waals surface area contributed by atoms with Crippen LogP contribution in [0.4, 0.5) is 14.5 Å². The zero-order valence-corrected chi connectivity index (χ0v) is 23.9. The second-order valence-electron chi connectivity index (χ2n) is 10.7. The summed E-state index contributed by atoms with van der Waals surface area (Å²) in [4.78, 5) is 14.7. The number of hydrogen-bond donors (Lipinski definition) is 0. The minimum Gasteiger partial charge on any atom is -0.465 e. The average Bonchev–Trinajstić information content (AvgIpc) is 3.21. The minimum atomic E-state index is -2.50. The molecule has 0 saturated carbocycles. The molecule has 0 bridgehead atoms. The zero-order valence-electron chi connectivity index (χ0n) is 23.9. The Hall–Kier alpha value is -3.55. The van der Waals surface area contributed by atoms with E-state index in [1.54, 1.807) is 32.4 Å². The van der Waals surface area contributed by atoms with Crippen LogP contribution in [-0.2, 0) is 20.6 Å². The van der Waals surface area contributed by atoms with Crippen LogP contribution in [0.2, 0.25) is 0 Å². The normalized spacial score (nSPS) is 16.2. The lowest BCUT2D eigenvalue weighted by molar-refractivity contribution is -0.141. The highest BCUT2D eigenvalue weighted by atomic mass is 19.3. The number of anilines is 1. The molecule has 41 heavy (non-hydrogen) atoms. The van der Waals surface area contributed by atoms with Gasteiger partial charge in [0.15, 0.2) is 6.29 Å². The number of allylic oxidation sites excluding steroid dienone is 1. The molecule has 5 nitrogen and oxygen atoms in total. The summed E-state index contributed by atoms with van der Waals surface area (Å²) in [6.45, 7) is 1.85. The van der Waals surface area contributed by atoms with E-state index >= 15 is 0 Å². The van der Waals surface area contributed by atoms with E-state index in [2.05, 4.69) is 29.2 Å². The average molecular weight is 562 g/mol. The first-order valence-corrected chi connectivity index (χ1v) is 14.2. The molecular formula is C34H37F2NO4. The first-order valence-electron chi connectivity index (χ1n) is 14.2. The second kappa shape index (κ2) is 13.0. The monoisotopic (exact) mass is 561 g/mol. The van der Waals surface area contributed by atoms with E-state index < -0.39 is 6.43 Å². The van der Waals surface area contributed by atoms with Crippen molar-refractivity contribution >= 4 is 22.8 Å². The topological polar surface area (TPSA) is 48.0 Å². The molecule has 1 aliphatic carbocycles. The van der Waals surface area contributed by atoms with Gasteiger partial charge in [-0.1, -0.05) is 42.5 Å². The number of carbonyl (C=O) groups is 1. The van der Waals surface area contributed by atoms with Gasteiger partial charge in [0.1, 0.15) is 0 Å². The molecule has 216 valence electrons. The zero-order chi connectivity index (χ0) is 28.9. The van der Waals surface area contributed by atoms with Crippen LogP contribution in [0.25, 0.3) is 11.1 Å². The van der Waals surface area contributed by atoms with Crippen molar-refractivity contribution in [3.63, 3.8) is 0 Å². The van der Waals surface area contributed by atoms with E-state index in [-0.39, 0.29) is 17.8 Å². The number of methoxy groups -OCH3 is 3. The van der Waals surface area contributed by atoms with Crippen LogP contribution in [0.15, 0.2) is 66.7 Å². The fourth-order valence-electron chi connectivity index (χ4n) is 6.23. The molecule has 3 aromatic rings. The molecule has 1 heterocycles. The van der Waals surface area contributed by atoms with E-state index in [0.29, 0.717) is 11.5 Å². The molecule has 2 aliphatic rings. The number of ether oxygens (including phenoxy) is 3. The number of carbonyl (C=O) groups excluding carboxylic acids is 1. The van der Waals surface area contributed by atoms with Crippen LogP contribution in [0.3, 0.4) is 0 Å². The van der Waals surface area contributed by atoms with Gasteiger partial charge in [-0.05, 0) is 89.8 Å². The number of hydrogen-bond acceptors (Lipinski definition) is 5. The molecule has 0 unspecified atom stereocenters. The third kappa shape index (κ3) is 6.21. The Kier molecular flexibility index (Phi) is 9.15. The van der Waals surface area contributed by atoms with Gasteiger partial charge < -0.3 is 19.1 Å². The molecule has 0 aromatic heterocycles. The van der Waals surface area contributed by atoms with Gasteiger partial charge in [-0.2, -0.15) is 0 Å². The van der Waals surface area contributed by atoms with Gasteiger partial charge in [-0.3, -0.25) is 0 Å². The molecule has 0 radical (unpaired) electrons. The molecule has 5 rings (SSSR count). The van der Waals surface area contributed by atoms with Gasteiger partial charge in [-0.15, -0.1) is 0 Å². The molecule has 0 N–H and O–H groups in total. The lowest BCUT2D eigenvalue weighted by Gasteiger charge is -2.36. The quantitative estimate of drug-likeness (QED) is 0.210. The fourth-order valence-corrected chi connectivity index (χ4v) is 6.23. The Morgan fingerprint density at radius 3 is 2.12 bits per heavy atom. The lowest BCUT2D eigenvalue weighted by atomic mass is 9.87. The number of alkyl halides is 2. The maximum atomic E-state index is 13.3. The van der Waals surface area contributed by atoms with Gasteiger partial charge in [0, 0.05) is 44.5 Å². The highest BCUT2D eigenvalue weighted by Gasteiger charge is 2.27.